The molecular weight excluding hydrogens is 394 g/mol. The summed E-state index contributed by atoms with van der Waals surface area (Å²) < 4.78 is 2.43. The molecule has 32 heavy (non-hydrogen) atoms. The zero-order valence-electron chi connectivity index (χ0n) is 19.1. The predicted octanol–water partition coefficient (Wildman–Crippen LogP) is 4.04. The first-order valence-corrected chi connectivity index (χ1v) is 11.4. The van der Waals surface area contributed by atoms with Crippen LogP contribution in [0.15, 0.2) is 66.7 Å². The summed E-state index contributed by atoms with van der Waals surface area (Å²) in [5.41, 5.74) is 17.6. The lowest BCUT2D eigenvalue weighted by atomic mass is 9.98. The number of anilines is 2. The van der Waals surface area contributed by atoms with Crippen molar-refractivity contribution in [3.05, 3.63) is 66.7 Å². The van der Waals surface area contributed by atoms with Crippen LogP contribution in [-0.4, -0.2) is 38.6 Å². The summed E-state index contributed by atoms with van der Waals surface area (Å²) in [6.45, 7) is 4.10. The molecule has 4 aromatic rings. The number of benzene rings is 3. The van der Waals surface area contributed by atoms with Crippen LogP contribution in [0.1, 0.15) is 12.8 Å². The van der Waals surface area contributed by atoms with E-state index >= 15 is 0 Å². The normalized spacial score (nSPS) is 11.6. The lowest BCUT2D eigenvalue weighted by molar-refractivity contribution is -0.659. The second kappa shape index (κ2) is 9.98. The molecule has 0 spiro atoms. The van der Waals surface area contributed by atoms with Gasteiger partial charge in [-0.05, 0) is 70.0 Å². The van der Waals surface area contributed by atoms with Crippen molar-refractivity contribution < 1.29 is 4.57 Å². The lowest BCUT2D eigenvalue weighted by Crippen LogP contribution is -2.39. The van der Waals surface area contributed by atoms with Crippen molar-refractivity contribution in [2.24, 2.45) is 0 Å². The fourth-order valence-corrected chi connectivity index (χ4v) is 4.53. The van der Waals surface area contributed by atoms with Crippen LogP contribution in [0.4, 0.5) is 11.4 Å². The molecule has 0 radical (unpaired) electrons. The number of nitrogen functional groups attached to an aromatic ring is 2. The van der Waals surface area contributed by atoms with Crippen molar-refractivity contribution in [1.29, 1.82) is 0 Å². The fraction of sp³-hybridized carbons (Fsp3) is 0.296. The van der Waals surface area contributed by atoms with Gasteiger partial charge >= 0.3 is 0 Å². The van der Waals surface area contributed by atoms with E-state index in [-0.39, 0.29) is 0 Å². The van der Waals surface area contributed by atoms with E-state index in [1.807, 2.05) is 19.2 Å². The first kappa shape index (κ1) is 22.1. The maximum atomic E-state index is 6.25. The van der Waals surface area contributed by atoms with E-state index in [9.17, 15) is 0 Å². The number of fused-ring (bicyclic) bond motifs is 3. The maximum Gasteiger partial charge on any atom is 0.220 e. The van der Waals surface area contributed by atoms with Crippen LogP contribution in [0, 0.1) is 0 Å². The molecule has 166 valence electrons. The number of rotatable bonds is 9. The zero-order valence-corrected chi connectivity index (χ0v) is 19.1. The summed E-state index contributed by atoms with van der Waals surface area (Å²) in [5, 5.41) is 6.81. The summed E-state index contributed by atoms with van der Waals surface area (Å²) in [6, 6.07) is 23.1. The van der Waals surface area contributed by atoms with Gasteiger partial charge in [0.2, 0.25) is 11.2 Å². The Hall–Kier alpha value is -3.15. The Morgan fingerprint density at radius 2 is 1.50 bits per heavy atom. The Morgan fingerprint density at radius 3 is 2.25 bits per heavy atom. The third-order valence-corrected chi connectivity index (χ3v) is 6.11. The molecule has 5 nitrogen and oxygen atoms in total. The number of aryl methyl sites for hydroxylation is 1. The van der Waals surface area contributed by atoms with Gasteiger partial charge in [0.05, 0.1) is 10.8 Å². The quantitative estimate of drug-likeness (QED) is 0.163. The molecule has 0 atom stereocenters. The number of nitrogens with two attached hydrogens (primary N) is 2. The molecule has 5 heteroatoms. The molecule has 4 rings (SSSR count). The topological polar surface area (TPSA) is 71.2 Å². The van der Waals surface area contributed by atoms with Crippen LogP contribution in [0.3, 0.4) is 0 Å². The Labute approximate surface area is 190 Å². The number of nitrogens with zero attached hydrogens (tertiary/aromatic N) is 2. The highest BCUT2D eigenvalue weighted by Crippen LogP contribution is 2.33. The monoisotopic (exact) mass is 428 g/mol. The summed E-state index contributed by atoms with van der Waals surface area (Å²) in [5.74, 6) is 0. The van der Waals surface area contributed by atoms with Crippen LogP contribution < -0.4 is 21.4 Å². The van der Waals surface area contributed by atoms with E-state index in [1.165, 1.54) is 32.9 Å². The average molecular weight is 429 g/mol. The van der Waals surface area contributed by atoms with Crippen LogP contribution in [-0.2, 0) is 6.54 Å². The Bertz CT molecular complexity index is 1200. The smallest absolute Gasteiger partial charge is 0.220 e. The predicted molar refractivity (Wildman–Crippen MR) is 137 cm³/mol. The largest absolute Gasteiger partial charge is 0.399 e. The fourth-order valence-electron chi connectivity index (χ4n) is 4.53. The van der Waals surface area contributed by atoms with Crippen molar-refractivity contribution in [1.82, 2.24) is 10.2 Å². The van der Waals surface area contributed by atoms with Gasteiger partial charge in [-0.3, -0.25) is 0 Å². The summed E-state index contributed by atoms with van der Waals surface area (Å²) in [7, 11) is 4.21. The highest BCUT2D eigenvalue weighted by molar-refractivity contribution is 6.10. The van der Waals surface area contributed by atoms with Gasteiger partial charge in [0.1, 0.15) is 0 Å². The zero-order chi connectivity index (χ0) is 22.5. The van der Waals surface area contributed by atoms with E-state index in [0.29, 0.717) is 0 Å². The first-order chi connectivity index (χ1) is 15.6. The molecular formula is C27H34N5+. The second-order valence-electron chi connectivity index (χ2n) is 8.56. The van der Waals surface area contributed by atoms with E-state index in [0.717, 1.165) is 50.4 Å². The Kier molecular flexibility index (Phi) is 6.88. The Morgan fingerprint density at radius 1 is 0.812 bits per heavy atom. The summed E-state index contributed by atoms with van der Waals surface area (Å²) in [6.07, 6.45) is 2.21. The van der Waals surface area contributed by atoms with Gasteiger partial charge in [0.15, 0.2) is 6.54 Å². The van der Waals surface area contributed by atoms with Crippen LogP contribution in [0.5, 0.6) is 0 Å². The van der Waals surface area contributed by atoms with Crippen LogP contribution >= 0.6 is 0 Å². The molecule has 0 unspecified atom stereocenters. The molecule has 0 saturated heterocycles. The minimum Gasteiger partial charge on any atom is -0.399 e. The molecule has 0 aliphatic rings. The number of aromatic nitrogens is 1. The van der Waals surface area contributed by atoms with Crippen LogP contribution in [0.25, 0.3) is 32.9 Å². The standard InChI is InChI=1S/C27H33N5/c1-30-14-6-15-31(2)16-7-17-32-26-19-22(29)11-13-24(26)23-12-10-21(28)18-25(23)27(32)20-8-4-3-5-9-20/h3-5,8-13,18-19,29-30H,6-7,14-17,28H2,1-2H3/p+1. The number of nitrogens with one attached hydrogen (secondary N) is 1. The molecule has 0 aliphatic heterocycles. The van der Waals surface area contributed by atoms with Crippen molar-refractivity contribution in [3.63, 3.8) is 0 Å². The number of hydrogen-bond acceptors (Lipinski definition) is 4. The van der Waals surface area contributed by atoms with E-state index < -0.39 is 0 Å². The van der Waals surface area contributed by atoms with Gasteiger partial charge in [0, 0.05) is 41.4 Å². The second-order valence-corrected chi connectivity index (χ2v) is 8.56. The molecule has 3 aromatic carbocycles. The van der Waals surface area contributed by atoms with Crippen LogP contribution in [0.2, 0.25) is 0 Å². The first-order valence-electron chi connectivity index (χ1n) is 11.4. The van der Waals surface area contributed by atoms with Gasteiger partial charge in [-0.1, -0.05) is 24.3 Å². The Balaban J connectivity index is 1.82. The summed E-state index contributed by atoms with van der Waals surface area (Å²) >= 11 is 0. The minimum atomic E-state index is 0.778. The van der Waals surface area contributed by atoms with Crippen molar-refractivity contribution in [3.8, 4) is 11.3 Å². The summed E-state index contributed by atoms with van der Waals surface area (Å²) in [4.78, 5) is 2.41. The van der Waals surface area contributed by atoms with Gasteiger partial charge in [-0.2, -0.15) is 4.57 Å². The molecule has 1 aromatic heterocycles. The number of hydrogen-bond donors (Lipinski definition) is 3. The number of pyridine rings is 1. The lowest BCUT2D eigenvalue weighted by Gasteiger charge is -2.17. The van der Waals surface area contributed by atoms with Crippen molar-refractivity contribution in [2.45, 2.75) is 19.4 Å². The molecule has 0 amide bonds. The average Bonchev–Trinajstić information content (AvgIpc) is 2.79. The highest BCUT2D eigenvalue weighted by atomic mass is 15.1. The van der Waals surface area contributed by atoms with E-state index in [4.69, 9.17) is 11.5 Å². The van der Waals surface area contributed by atoms with Gasteiger partial charge in [0.25, 0.3) is 0 Å². The molecule has 0 bridgehead atoms. The van der Waals surface area contributed by atoms with E-state index in [1.54, 1.807) is 0 Å². The van der Waals surface area contributed by atoms with Gasteiger partial charge in [-0.25, -0.2) is 0 Å². The third-order valence-electron chi connectivity index (χ3n) is 6.11. The highest BCUT2D eigenvalue weighted by Gasteiger charge is 2.23. The molecule has 1 heterocycles. The van der Waals surface area contributed by atoms with Crippen molar-refractivity contribution >= 4 is 33.1 Å². The van der Waals surface area contributed by atoms with E-state index in [2.05, 4.69) is 76.4 Å². The molecule has 5 N–H and O–H groups in total. The van der Waals surface area contributed by atoms with Gasteiger partial charge < -0.3 is 21.7 Å². The molecule has 0 aliphatic carbocycles. The maximum absolute atomic E-state index is 6.25. The SMILES string of the molecule is CNCCCN(C)CCC[n+]1c(-c2ccccc2)c2cc(N)ccc2c2ccc(N)cc21. The molecule has 0 fully saturated rings. The molecule has 0 saturated carbocycles. The van der Waals surface area contributed by atoms with Gasteiger partial charge in [-0.15, -0.1) is 0 Å². The third kappa shape index (κ3) is 4.69. The minimum absolute atomic E-state index is 0.778. The van der Waals surface area contributed by atoms with Crippen molar-refractivity contribution in [2.75, 3.05) is 45.2 Å².